The molecule has 0 aliphatic heterocycles. The van der Waals surface area contributed by atoms with E-state index >= 15 is 0 Å². The molecule has 0 amide bonds. The van der Waals surface area contributed by atoms with Gasteiger partial charge in [0.2, 0.25) is 0 Å². The van der Waals surface area contributed by atoms with E-state index in [1.165, 1.54) is 0 Å². The molecule has 0 bridgehead atoms. The molecule has 0 unspecified atom stereocenters. The largest absolute Gasteiger partial charge is 0.480 e. The van der Waals surface area contributed by atoms with E-state index in [2.05, 4.69) is 27.9 Å². The Balaban J connectivity index is 2.82. The van der Waals surface area contributed by atoms with Crippen molar-refractivity contribution in [3.63, 3.8) is 0 Å². The first-order valence-corrected chi connectivity index (χ1v) is 5.41. The molecule has 1 aromatic rings. The molecule has 0 fully saturated rings. The fourth-order valence-electron chi connectivity index (χ4n) is 0.902. The fourth-order valence-corrected chi connectivity index (χ4v) is 1.93. The summed E-state index contributed by atoms with van der Waals surface area (Å²) < 4.78 is 0.906. The van der Waals surface area contributed by atoms with Gasteiger partial charge < -0.3 is 10.4 Å². The highest BCUT2D eigenvalue weighted by molar-refractivity contribution is 14.1. The van der Waals surface area contributed by atoms with Crippen LogP contribution in [-0.2, 0) is 4.79 Å². The van der Waals surface area contributed by atoms with Crippen LogP contribution >= 0.6 is 34.2 Å². The van der Waals surface area contributed by atoms with Gasteiger partial charge in [0.05, 0.1) is 0 Å². The summed E-state index contributed by atoms with van der Waals surface area (Å²) in [7, 11) is 0. The van der Waals surface area contributed by atoms with Crippen LogP contribution in [0.5, 0.6) is 0 Å². The van der Waals surface area contributed by atoms with E-state index in [0.29, 0.717) is 5.02 Å². The fraction of sp³-hybridized carbons (Fsp3) is 0.222. The molecule has 0 spiro atoms. The molecule has 14 heavy (non-hydrogen) atoms. The second-order valence-electron chi connectivity index (χ2n) is 2.83. The van der Waals surface area contributed by atoms with Crippen LogP contribution in [0, 0.1) is 3.57 Å². The van der Waals surface area contributed by atoms with E-state index in [1.54, 1.807) is 25.1 Å². The molecule has 0 radical (unpaired) electrons. The smallest absolute Gasteiger partial charge is 0.325 e. The van der Waals surface area contributed by atoms with E-state index < -0.39 is 12.0 Å². The number of benzene rings is 1. The molecule has 0 aliphatic rings. The predicted molar refractivity (Wildman–Crippen MR) is 64.9 cm³/mol. The topological polar surface area (TPSA) is 49.3 Å². The van der Waals surface area contributed by atoms with Gasteiger partial charge in [0.1, 0.15) is 6.04 Å². The lowest BCUT2D eigenvalue weighted by Gasteiger charge is -2.12. The van der Waals surface area contributed by atoms with Crippen LogP contribution in [0.2, 0.25) is 5.02 Å². The first-order valence-electron chi connectivity index (χ1n) is 3.95. The molecule has 0 aliphatic carbocycles. The van der Waals surface area contributed by atoms with Crippen LogP contribution in [0.15, 0.2) is 18.2 Å². The molecule has 76 valence electrons. The Bertz CT molecular complexity index is 357. The van der Waals surface area contributed by atoms with Gasteiger partial charge in [0.25, 0.3) is 0 Å². The van der Waals surface area contributed by atoms with Gasteiger partial charge in [-0.3, -0.25) is 4.79 Å². The van der Waals surface area contributed by atoms with Gasteiger partial charge in [-0.25, -0.2) is 0 Å². The summed E-state index contributed by atoms with van der Waals surface area (Å²) in [6, 6.07) is 4.66. The first kappa shape index (κ1) is 11.6. The van der Waals surface area contributed by atoms with Gasteiger partial charge in [0.15, 0.2) is 0 Å². The molecule has 1 aromatic carbocycles. The first-order chi connectivity index (χ1) is 6.50. The third-order valence-electron chi connectivity index (χ3n) is 1.67. The van der Waals surface area contributed by atoms with Crippen LogP contribution in [0.1, 0.15) is 6.92 Å². The van der Waals surface area contributed by atoms with Crippen molar-refractivity contribution in [2.45, 2.75) is 13.0 Å². The van der Waals surface area contributed by atoms with Gasteiger partial charge in [-0.15, -0.1) is 0 Å². The molecule has 0 saturated carbocycles. The normalized spacial score (nSPS) is 12.2. The minimum atomic E-state index is -0.879. The van der Waals surface area contributed by atoms with Crippen LogP contribution in [-0.4, -0.2) is 17.1 Å². The number of carboxylic acid groups (broad SMARTS) is 1. The Morgan fingerprint density at radius 3 is 2.79 bits per heavy atom. The molecule has 5 heteroatoms. The number of aliphatic carboxylic acids is 1. The molecule has 2 N–H and O–H groups in total. The quantitative estimate of drug-likeness (QED) is 0.840. The minimum absolute atomic E-state index is 0.607. The predicted octanol–water partition coefficient (Wildman–Crippen LogP) is 2.83. The van der Waals surface area contributed by atoms with Crippen molar-refractivity contribution in [2.24, 2.45) is 0 Å². The van der Waals surface area contributed by atoms with Crippen molar-refractivity contribution in [1.29, 1.82) is 0 Å². The third kappa shape index (κ3) is 3.02. The van der Waals surface area contributed by atoms with Crippen LogP contribution < -0.4 is 5.32 Å². The Morgan fingerprint density at radius 2 is 2.29 bits per heavy atom. The minimum Gasteiger partial charge on any atom is -0.480 e. The van der Waals surface area contributed by atoms with Gasteiger partial charge in [-0.2, -0.15) is 0 Å². The van der Waals surface area contributed by atoms with E-state index in [0.717, 1.165) is 9.26 Å². The number of halogens is 2. The summed E-state index contributed by atoms with van der Waals surface area (Å²) in [4.78, 5) is 10.6. The lowest BCUT2D eigenvalue weighted by Crippen LogP contribution is -2.25. The molecule has 0 heterocycles. The highest BCUT2D eigenvalue weighted by Gasteiger charge is 2.11. The summed E-state index contributed by atoms with van der Waals surface area (Å²) >= 11 is 7.87. The molecular weight excluding hydrogens is 316 g/mol. The molecule has 3 nitrogen and oxygen atoms in total. The van der Waals surface area contributed by atoms with Crippen molar-refractivity contribution >= 4 is 45.8 Å². The average molecular weight is 326 g/mol. The zero-order valence-electron chi connectivity index (χ0n) is 7.42. The maximum atomic E-state index is 10.6. The highest BCUT2D eigenvalue weighted by atomic mass is 127. The van der Waals surface area contributed by atoms with Crippen LogP contribution in [0.25, 0.3) is 0 Å². The van der Waals surface area contributed by atoms with Crippen LogP contribution in [0.4, 0.5) is 5.69 Å². The number of hydrogen-bond acceptors (Lipinski definition) is 2. The van der Waals surface area contributed by atoms with E-state index in [4.69, 9.17) is 16.7 Å². The third-order valence-corrected chi connectivity index (χ3v) is 2.80. The Hall–Kier alpha value is -0.490. The van der Waals surface area contributed by atoms with Gasteiger partial charge in [0, 0.05) is 14.3 Å². The van der Waals surface area contributed by atoms with E-state index in [-0.39, 0.29) is 0 Å². The number of carbonyl (C=O) groups is 1. The summed E-state index contributed by atoms with van der Waals surface area (Å²) in [5, 5.41) is 12.2. The maximum Gasteiger partial charge on any atom is 0.325 e. The zero-order valence-corrected chi connectivity index (χ0v) is 10.3. The second-order valence-corrected chi connectivity index (χ2v) is 4.43. The summed E-state index contributed by atoms with van der Waals surface area (Å²) in [5.41, 5.74) is 0.782. The number of carboxylic acids is 1. The maximum absolute atomic E-state index is 10.6. The lowest BCUT2D eigenvalue weighted by atomic mass is 10.2. The van der Waals surface area contributed by atoms with Crippen molar-refractivity contribution in [3.8, 4) is 0 Å². The summed E-state index contributed by atoms with van der Waals surface area (Å²) in [6.07, 6.45) is 0. The number of rotatable bonds is 3. The van der Waals surface area contributed by atoms with Gasteiger partial charge in [-0.1, -0.05) is 11.6 Å². The van der Waals surface area contributed by atoms with E-state index in [1.807, 2.05) is 0 Å². The number of nitrogens with one attached hydrogen (secondary N) is 1. The van der Waals surface area contributed by atoms with Gasteiger partial charge >= 0.3 is 5.97 Å². The Morgan fingerprint density at radius 1 is 1.64 bits per heavy atom. The second kappa shape index (κ2) is 4.84. The highest BCUT2D eigenvalue weighted by Crippen LogP contribution is 2.22. The summed E-state index contributed by atoms with van der Waals surface area (Å²) in [6.45, 7) is 1.59. The number of hydrogen-bond donors (Lipinski definition) is 2. The zero-order chi connectivity index (χ0) is 10.7. The Labute approximate surface area is 101 Å². The standard InChI is InChI=1S/C9H9ClINO2/c1-5(9(13)14)12-8-3-2-6(10)4-7(8)11/h2-5,12H,1H3,(H,13,14)/t5-/m0/s1. The van der Waals surface area contributed by atoms with Crippen LogP contribution in [0.3, 0.4) is 0 Å². The lowest BCUT2D eigenvalue weighted by molar-refractivity contribution is -0.137. The molecular formula is C9H9ClINO2. The number of anilines is 1. The molecule has 1 atom stereocenters. The Kier molecular flexibility index (Phi) is 4.00. The SMILES string of the molecule is C[C@H](Nc1ccc(Cl)cc1I)C(=O)O. The molecule has 0 aromatic heterocycles. The van der Waals surface area contributed by atoms with Crippen molar-refractivity contribution < 1.29 is 9.90 Å². The van der Waals surface area contributed by atoms with Gasteiger partial charge in [-0.05, 0) is 47.7 Å². The van der Waals surface area contributed by atoms with E-state index in [9.17, 15) is 4.79 Å². The van der Waals surface area contributed by atoms with Crippen molar-refractivity contribution in [3.05, 3.63) is 26.8 Å². The van der Waals surface area contributed by atoms with Crippen molar-refractivity contribution in [2.75, 3.05) is 5.32 Å². The average Bonchev–Trinajstić information content (AvgIpc) is 2.09. The summed E-state index contributed by atoms with van der Waals surface area (Å²) in [5.74, 6) is -0.879. The van der Waals surface area contributed by atoms with Crippen molar-refractivity contribution in [1.82, 2.24) is 0 Å². The molecule has 1 rings (SSSR count). The molecule has 0 saturated heterocycles. The monoisotopic (exact) mass is 325 g/mol.